The Kier molecular flexibility index (Phi) is 3.59. The third-order valence-corrected chi connectivity index (χ3v) is 3.44. The summed E-state index contributed by atoms with van der Waals surface area (Å²) in [5.41, 5.74) is 1.24. The molecule has 2 N–H and O–H groups in total. The van der Waals surface area contributed by atoms with Gasteiger partial charge in [-0.15, -0.1) is 0 Å². The summed E-state index contributed by atoms with van der Waals surface area (Å²) in [6.07, 6.45) is 0.759. The second-order valence-corrected chi connectivity index (χ2v) is 5.74. The van der Waals surface area contributed by atoms with Crippen molar-refractivity contribution in [3.8, 4) is 0 Å². The Labute approximate surface area is 108 Å². The molecule has 0 bridgehead atoms. The van der Waals surface area contributed by atoms with Crippen molar-refractivity contribution < 1.29 is 10.2 Å². The van der Waals surface area contributed by atoms with Crippen molar-refractivity contribution in [3.05, 3.63) is 23.4 Å². The molecule has 1 unspecified atom stereocenters. The van der Waals surface area contributed by atoms with Gasteiger partial charge in [-0.2, -0.15) is 0 Å². The van der Waals surface area contributed by atoms with Crippen LogP contribution in [-0.4, -0.2) is 33.9 Å². The molecule has 1 fully saturated rings. The van der Waals surface area contributed by atoms with E-state index < -0.39 is 5.60 Å². The van der Waals surface area contributed by atoms with Crippen LogP contribution in [0.25, 0.3) is 0 Å². The van der Waals surface area contributed by atoms with Crippen LogP contribution in [0.5, 0.6) is 0 Å². The molecule has 0 spiro atoms. The monoisotopic (exact) mass is 250 g/mol. The lowest BCUT2D eigenvalue weighted by Gasteiger charge is -2.21. The highest BCUT2D eigenvalue weighted by Crippen LogP contribution is 2.27. The Morgan fingerprint density at radius 2 is 2.17 bits per heavy atom. The molecule has 4 heteroatoms. The number of β-amino-alcohol motifs (C(OH)–C–C–N with tert-alkyl or cyclic N) is 1. The van der Waals surface area contributed by atoms with Crippen LogP contribution in [0, 0.1) is 0 Å². The van der Waals surface area contributed by atoms with E-state index in [2.05, 4.69) is 23.7 Å². The number of aliphatic hydroxyl groups is 2. The zero-order valence-electron chi connectivity index (χ0n) is 11.3. The van der Waals surface area contributed by atoms with Gasteiger partial charge in [0.15, 0.2) is 0 Å². The molecule has 1 aliphatic heterocycles. The number of hydrogen-bond donors (Lipinski definition) is 2. The molecule has 100 valence electrons. The lowest BCUT2D eigenvalue weighted by Crippen LogP contribution is -2.30. The van der Waals surface area contributed by atoms with Gasteiger partial charge in [-0.05, 0) is 37.0 Å². The predicted molar refractivity (Wildman–Crippen MR) is 71.7 cm³/mol. The highest BCUT2D eigenvalue weighted by molar-refractivity contribution is 5.45. The molecule has 0 radical (unpaired) electrons. The van der Waals surface area contributed by atoms with Gasteiger partial charge < -0.3 is 15.1 Å². The summed E-state index contributed by atoms with van der Waals surface area (Å²) in [6, 6.07) is 3.86. The zero-order chi connectivity index (χ0) is 13.3. The van der Waals surface area contributed by atoms with E-state index in [1.54, 1.807) is 0 Å². The number of hydrogen-bond acceptors (Lipinski definition) is 4. The number of anilines is 1. The van der Waals surface area contributed by atoms with Crippen molar-refractivity contribution in [1.29, 1.82) is 0 Å². The average molecular weight is 250 g/mol. The molecule has 1 saturated heterocycles. The van der Waals surface area contributed by atoms with E-state index >= 15 is 0 Å². The van der Waals surface area contributed by atoms with Crippen molar-refractivity contribution in [1.82, 2.24) is 4.98 Å². The van der Waals surface area contributed by atoms with E-state index in [0.29, 0.717) is 12.5 Å². The number of aliphatic hydroxyl groups excluding tert-OH is 1. The zero-order valence-corrected chi connectivity index (χ0v) is 11.3. The summed E-state index contributed by atoms with van der Waals surface area (Å²) in [6.45, 7) is 7.48. The Hall–Kier alpha value is -1.13. The summed E-state index contributed by atoms with van der Waals surface area (Å²) in [4.78, 5) is 6.72. The molecule has 2 rings (SSSR count). The fourth-order valence-electron chi connectivity index (χ4n) is 2.28. The predicted octanol–water partition coefficient (Wildman–Crippen LogP) is 1.66. The minimum atomic E-state index is -0.630. The SMILES string of the molecule is CC(C)c1cc(CO)cc(N2CCC(C)(O)C2)n1. The van der Waals surface area contributed by atoms with Crippen LogP contribution in [0.3, 0.4) is 0 Å². The van der Waals surface area contributed by atoms with E-state index in [0.717, 1.165) is 30.0 Å². The van der Waals surface area contributed by atoms with E-state index in [1.165, 1.54) is 0 Å². The molecule has 2 heterocycles. The number of rotatable bonds is 3. The Bertz CT molecular complexity index is 430. The normalized spacial score (nSPS) is 24.0. The van der Waals surface area contributed by atoms with Crippen molar-refractivity contribution in [3.63, 3.8) is 0 Å². The molecule has 0 saturated carbocycles. The lowest BCUT2D eigenvalue weighted by atomic mass is 10.1. The Balaban J connectivity index is 2.30. The van der Waals surface area contributed by atoms with Crippen molar-refractivity contribution in [2.75, 3.05) is 18.0 Å². The van der Waals surface area contributed by atoms with E-state index in [1.807, 2.05) is 19.1 Å². The smallest absolute Gasteiger partial charge is 0.129 e. The second-order valence-electron chi connectivity index (χ2n) is 5.74. The molecular formula is C14H22N2O2. The second kappa shape index (κ2) is 4.86. The van der Waals surface area contributed by atoms with Gasteiger partial charge in [0.05, 0.1) is 12.2 Å². The lowest BCUT2D eigenvalue weighted by molar-refractivity contribution is 0.0839. The van der Waals surface area contributed by atoms with Crippen LogP contribution in [0.4, 0.5) is 5.82 Å². The van der Waals surface area contributed by atoms with Crippen molar-refractivity contribution >= 4 is 5.82 Å². The van der Waals surface area contributed by atoms with Crippen LogP contribution >= 0.6 is 0 Å². The molecule has 1 atom stereocenters. The fourth-order valence-corrected chi connectivity index (χ4v) is 2.28. The van der Waals surface area contributed by atoms with Crippen LogP contribution in [0.1, 0.15) is 44.4 Å². The van der Waals surface area contributed by atoms with Crippen LogP contribution < -0.4 is 4.90 Å². The molecule has 1 aromatic heterocycles. The molecule has 0 aliphatic carbocycles. The van der Waals surface area contributed by atoms with Gasteiger partial charge in [0.1, 0.15) is 5.82 Å². The van der Waals surface area contributed by atoms with Gasteiger partial charge in [0.25, 0.3) is 0 Å². The average Bonchev–Trinajstić information content (AvgIpc) is 2.69. The third kappa shape index (κ3) is 2.82. The van der Waals surface area contributed by atoms with E-state index in [-0.39, 0.29) is 6.61 Å². The van der Waals surface area contributed by atoms with Gasteiger partial charge in [0, 0.05) is 18.8 Å². The first-order chi connectivity index (χ1) is 8.41. The van der Waals surface area contributed by atoms with E-state index in [9.17, 15) is 10.2 Å². The number of aromatic nitrogens is 1. The van der Waals surface area contributed by atoms with Crippen LogP contribution in [0.2, 0.25) is 0 Å². The minimum absolute atomic E-state index is 0.0273. The highest BCUT2D eigenvalue weighted by atomic mass is 16.3. The summed E-state index contributed by atoms with van der Waals surface area (Å²) < 4.78 is 0. The van der Waals surface area contributed by atoms with Crippen molar-refractivity contribution in [2.45, 2.75) is 45.3 Å². The summed E-state index contributed by atoms with van der Waals surface area (Å²) >= 11 is 0. The van der Waals surface area contributed by atoms with Crippen LogP contribution in [-0.2, 0) is 6.61 Å². The quantitative estimate of drug-likeness (QED) is 0.856. The van der Waals surface area contributed by atoms with Gasteiger partial charge in [-0.25, -0.2) is 4.98 Å². The first-order valence-corrected chi connectivity index (χ1v) is 6.50. The van der Waals surface area contributed by atoms with E-state index in [4.69, 9.17) is 0 Å². The molecule has 4 nitrogen and oxygen atoms in total. The van der Waals surface area contributed by atoms with Gasteiger partial charge in [-0.3, -0.25) is 0 Å². The molecule has 0 aromatic carbocycles. The highest BCUT2D eigenvalue weighted by Gasteiger charge is 2.32. The maximum atomic E-state index is 10.0. The van der Waals surface area contributed by atoms with Gasteiger partial charge in [-0.1, -0.05) is 13.8 Å². The summed E-state index contributed by atoms with van der Waals surface area (Å²) in [5.74, 6) is 1.20. The molecule has 18 heavy (non-hydrogen) atoms. The Morgan fingerprint density at radius 1 is 1.44 bits per heavy atom. The molecule has 0 amide bonds. The third-order valence-electron chi connectivity index (χ3n) is 3.44. The molecule has 1 aliphatic rings. The number of nitrogens with zero attached hydrogens (tertiary/aromatic N) is 2. The van der Waals surface area contributed by atoms with Crippen LogP contribution in [0.15, 0.2) is 12.1 Å². The maximum absolute atomic E-state index is 10.0. The summed E-state index contributed by atoms with van der Waals surface area (Å²) in [7, 11) is 0. The first kappa shape index (κ1) is 13.3. The fraction of sp³-hybridized carbons (Fsp3) is 0.643. The Morgan fingerprint density at radius 3 is 2.67 bits per heavy atom. The van der Waals surface area contributed by atoms with Gasteiger partial charge >= 0.3 is 0 Å². The first-order valence-electron chi connectivity index (χ1n) is 6.50. The van der Waals surface area contributed by atoms with Gasteiger partial charge in [0.2, 0.25) is 0 Å². The topological polar surface area (TPSA) is 56.6 Å². The maximum Gasteiger partial charge on any atom is 0.129 e. The molecular weight excluding hydrogens is 228 g/mol. The van der Waals surface area contributed by atoms with Crippen molar-refractivity contribution in [2.24, 2.45) is 0 Å². The summed E-state index contributed by atoms with van der Waals surface area (Å²) in [5, 5.41) is 19.3. The minimum Gasteiger partial charge on any atom is -0.392 e. The largest absolute Gasteiger partial charge is 0.392 e. The standard InChI is InChI=1S/C14H22N2O2/c1-10(2)12-6-11(8-17)7-13(15-12)16-5-4-14(3,18)9-16/h6-7,10,17-18H,4-5,8-9H2,1-3H3. The number of pyridine rings is 1. The molecule has 1 aromatic rings.